The summed E-state index contributed by atoms with van der Waals surface area (Å²) in [4.78, 5) is 11.6. The van der Waals surface area contributed by atoms with Crippen LogP contribution in [0.1, 0.15) is 36.2 Å². The maximum atomic E-state index is 11.6. The van der Waals surface area contributed by atoms with Crippen molar-refractivity contribution < 1.29 is 9.90 Å². The third-order valence-corrected chi connectivity index (χ3v) is 2.31. The van der Waals surface area contributed by atoms with Crippen molar-refractivity contribution in [2.75, 3.05) is 0 Å². The van der Waals surface area contributed by atoms with Crippen LogP contribution in [0.15, 0.2) is 24.3 Å². The van der Waals surface area contributed by atoms with Gasteiger partial charge in [0.15, 0.2) is 5.78 Å². The van der Waals surface area contributed by atoms with Crippen LogP contribution in [0, 0.1) is 0 Å². The molecule has 0 saturated heterocycles. The molecule has 0 amide bonds. The Morgan fingerprint density at radius 1 is 1.43 bits per heavy atom. The first-order valence-corrected chi connectivity index (χ1v) is 5.00. The lowest BCUT2D eigenvalue weighted by Gasteiger charge is -2.07. The normalized spacial score (nSPS) is 12.5. The molecule has 0 radical (unpaired) electrons. The number of Topliss-reactive ketones (excluding diaryl/α,β-unsaturated/α-hetero) is 1. The predicted molar refractivity (Wildman–Crippen MR) is 56.4 cm³/mol. The summed E-state index contributed by atoms with van der Waals surface area (Å²) in [5.41, 5.74) is 1.73. The molecule has 2 heteroatoms. The first-order valence-electron chi connectivity index (χ1n) is 5.00. The average molecular weight is 192 g/mol. The molecule has 0 aromatic heterocycles. The van der Waals surface area contributed by atoms with Crippen molar-refractivity contribution in [2.45, 2.75) is 32.8 Å². The summed E-state index contributed by atoms with van der Waals surface area (Å²) in [7, 11) is 0. The Balaban J connectivity index is 2.90. The average Bonchev–Trinajstić information content (AvgIpc) is 2.27. The number of hydrogen-bond donors (Lipinski definition) is 1. The highest BCUT2D eigenvalue weighted by Gasteiger charge is 2.14. The Bertz CT molecular complexity index is 318. The van der Waals surface area contributed by atoms with E-state index in [1.165, 1.54) is 0 Å². The van der Waals surface area contributed by atoms with Crippen LogP contribution in [0.2, 0.25) is 0 Å². The highest BCUT2D eigenvalue weighted by molar-refractivity contribution is 5.99. The molecule has 2 nitrogen and oxygen atoms in total. The topological polar surface area (TPSA) is 37.3 Å². The fraction of sp³-hybridized carbons (Fsp3) is 0.417. The first-order chi connectivity index (χ1) is 6.69. The van der Waals surface area contributed by atoms with Crippen LogP contribution in [0.25, 0.3) is 0 Å². The molecule has 1 N–H and O–H groups in total. The van der Waals surface area contributed by atoms with Gasteiger partial charge in [-0.05, 0) is 24.5 Å². The Hall–Kier alpha value is -1.15. The summed E-state index contributed by atoms with van der Waals surface area (Å²) in [5.74, 6) is -0.178. The number of carbonyl (C=O) groups excluding carboxylic acids is 1. The number of benzene rings is 1. The first kappa shape index (κ1) is 10.9. The fourth-order valence-electron chi connectivity index (χ4n) is 1.32. The molecular weight excluding hydrogens is 176 g/mol. The summed E-state index contributed by atoms with van der Waals surface area (Å²) < 4.78 is 0. The van der Waals surface area contributed by atoms with Gasteiger partial charge in [0, 0.05) is 5.56 Å². The Morgan fingerprint density at radius 3 is 2.71 bits per heavy atom. The second kappa shape index (κ2) is 4.91. The van der Waals surface area contributed by atoms with Crippen LogP contribution in [-0.2, 0) is 6.42 Å². The Kier molecular flexibility index (Phi) is 3.84. The lowest BCUT2D eigenvalue weighted by molar-refractivity contribution is 0.0740. The van der Waals surface area contributed by atoms with Gasteiger partial charge in [-0.25, -0.2) is 0 Å². The van der Waals surface area contributed by atoms with Crippen LogP contribution < -0.4 is 0 Å². The van der Waals surface area contributed by atoms with Gasteiger partial charge < -0.3 is 5.11 Å². The second-order valence-electron chi connectivity index (χ2n) is 3.34. The molecule has 1 rings (SSSR count). The third kappa shape index (κ3) is 2.42. The van der Waals surface area contributed by atoms with E-state index in [0.717, 1.165) is 12.0 Å². The Labute approximate surface area is 84.6 Å². The van der Waals surface area contributed by atoms with Gasteiger partial charge in [-0.2, -0.15) is 0 Å². The largest absolute Gasteiger partial charge is 0.385 e. The van der Waals surface area contributed by atoms with Crippen LogP contribution >= 0.6 is 0 Å². The van der Waals surface area contributed by atoms with Crippen LogP contribution in [0.3, 0.4) is 0 Å². The number of carbonyl (C=O) groups is 1. The lowest BCUT2D eigenvalue weighted by Crippen LogP contribution is -2.19. The summed E-state index contributed by atoms with van der Waals surface area (Å²) in [6, 6.07) is 7.44. The molecule has 0 heterocycles. The quantitative estimate of drug-likeness (QED) is 0.742. The van der Waals surface area contributed by atoms with E-state index in [9.17, 15) is 9.90 Å². The zero-order valence-electron chi connectivity index (χ0n) is 8.66. The summed E-state index contributed by atoms with van der Waals surface area (Å²) in [5, 5.41) is 9.39. The van der Waals surface area contributed by atoms with E-state index in [1.807, 2.05) is 25.1 Å². The van der Waals surface area contributed by atoms with Crippen molar-refractivity contribution in [2.24, 2.45) is 0 Å². The summed E-state index contributed by atoms with van der Waals surface area (Å²) in [6.07, 6.45) is 0.514. The molecule has 0 aliphatic rings. The van der Waals surface area contributed by atoms with E-state index in [1.54, 1.807) is 13.0 Å². The van der Waals surface area contributed by atoms with Gasteiger partial charge >= 0.3 is 0 Å². The van der Waals surface area contributed by atoms with Crippen LogP contribution in [0.4, 0.5) is 0 Å². The van der Waals surface area contributed by atoms with E-state index in [-0.39, 0.29) is 5.78 Å². The zero-order chi connectivity index (χ0) is 10.6. The molecule has 0 aliphatic carbocycles. The minimum absolute atomic E-state index is 0.178. The van der Waals surface area contributed by atoms with E-state index in [0.29, 0.717) is 12.0 Å². The predicted octanol–water partition coefficient (Wildman–Crippen LogP) is 2.20. The van der Waals surface area contributed by atoms with Crippen molar-refractivity contribution in [3.05, 3.63) is 35.4 Å². The van der Waals surface area contributed by atoms with Crippen LogP contribution in [-0.4, -0.2) is 17.0 Å². The molecule has 0 aliphatic heterocycles. The highest BCUT2D eigenvalue weighted by Crippen LogP contribution is 2.09. The molecule has 0 fully saturated rings. The maximum Gasteiger partial charge on any atom is 0.191 e. The van der Waals surface area contributed by atoms with Crippen molar-refractivity contribution >= 4 is 5.78 Å². The smallest absolute Gasteiger partial charge is 0.191 e. The number of aliphatic hydroxyl groups is 1. The standard InChI is InChI=1S/C12H16O2/c1-3-9-6-5-7-10(8-9)12(14)11(13)4-2/h5-8,11,13H,3-4H2,1-2H3. The Morgan fingerprint density at radius 2 is 2.14 bits per heavy atom. The fourth-order valence-corrected chi connectivity index (χ4v) is 1.32. The van der Waals surface area contributed by atoms with E-state index in [2.05, 4.69) is 0 Å². The van der Waals surface area contributed by atoms with Crippen molar-refractivity contribution in [3.63, 3.8) is 0 Å². The third-order valence-electron chi connectivity index (χ3n) is 2.31. The molecule has 0 saturated carbocycles. The molecule has 1 atom stereocenters. The van der Waals surface area contributed by atoms with Gasteiger partial charge in [0.2, 0.25) is 0 Å². The van der Waals surface area contributed by atoms with E-state index < -0.39 is 6.10 Å². The number of rotatable bonds is 4. The molecule has 14 heavy (non-hydrogen) atoms. The van der Waals surface area contributed by atoms with Gasteiger partial charge in [0.05, 0.1) is 0 Å². The minimum Gasteiger partial charge on any atom is -0.385 e. The maximum absolute atomic E-state index is 11.6. The molecule has 76 valence electrons. The highest BCUT2D eigenvalue weighted by atomic mass is 16.3. The summed E-state index contributed by atoms with van der Waals surface area (Å²) >= 11 is 0. The summed E-state index contributed by atoms with van der Waals surface area (Å²) in [6.45, 7) is 3.84. The van der Waals surface area contributed by atoms with Crippen molar-refractivity contribution in [1.29, 1.82) is 0 Å². The number of aryl methyl sites for hydroxylation is 1. The van der Waals surface area contributed by atoms with E-state index in [4.69, 9.17) is 0 Å². The minimum atomic E-state index is -0.859. The molecular formula is C12H16O2. The number of ketones is 1. The number of hydrogen-bond acceptors (Lipinski definition) is 2. The number of aliphatic hydroxyl groups excluding tert-OH is 1. The van der Waals surface area contributed by atoms with Gasteiger partial charge in [-0.1, -0.05) is 32.0 Å². The van der Waals surface area contributed by atoms with Gasteiger partial charge in [-0.3, -0.25) is 4.79 Å². The molecule has 0 spiro atoms. The van der Waals surface area contributed by atoms with Gasteiger partial charge in [0.25, 0.3) is 0 Å². The second-order valence-corrected chi connectivity index (χ2v) is 3.34. The van der Waals surface area contributed by atoms with Crippen molar-refractivity contribution in [1.82, 2.24) is 0 Å². The molecule has 1 aromatic rings. The molecule has 0 bridgehead atoms. The van der Waals surface area contributed by atoms with Crippen molar-refractivity contribution in [3.8, 4) is 0 Å². The van der Waals surface area contributed by atoms with Gasteiger partial charge in [-0.15, -0.1) is 0 Å². The molecule has 1 aromatic carbocycles. The van der Waals surface area contributed by atoms with Crippen LogP contribution in [0.5, 0.6) is 0 Å². The lowest BCUT2D eigenvalue weighted by atomic mass is 10.0. The molecule has 1 unspecified atom stereocenters. The van der Waals surface area contributed by atoms with Gasteiger partial charge in [0.1, 0.15) is 6.10 Å². The SMILES string of the molecule is CCc1cccc(C(=O)C(O)CC)c1. The zero-order valence-corrected chi connectivity index (χ0v) is 8.66. The monoisotopic (exact) mass is 192 g/mol. The van der Waals surface area contributed by atoms with E-state index >= 15 is 0 Å².